The number of methoxy groups -OCH3 is 1. The Morgan fingerprint density at radius 2 is 1.82 bits per heavy atom. The van der Waals surface area contributed by atoms with Crippen LogP contribution >= 0.6 is 0 Å². The summed E-state index contributed by atoms with van der Waals surface area (Å²) in [5, 5.41) is 13.6. The van der Waals surface area contributed by atoms with Crippen LogP contribution in [0.25, 0.3) is 0 Å². The zero-order valence-corrected chi connectivity index (χ0v) is 23.7. The molecule has 0 aromatic heterocycles. The smallest absolute Gasteiger partial charge is 0.243 e. The van der Waals surface area contributed by atoms with Crippen LogP contribution in [0.4, 0.5) is 0 Å². The number of carbonyl (C=O) groups is 1. The number of hydrogen-bond donors (Lipinski definition) is 2. The number of fused-ring (bicyclic) bond motifs is 1. The van der Waals surface area contributed by atoms with Crippen molar-refractivity contribution in [3.63, 3.8) is 0 Å². The summed E-state index contributed by atoms with van der Waals surface area (Å²) in [5.74, 6) is 0.501. The van der Waals surface area contributed by atoms with Crippen molar-refractivity contribution in [3.05, 3.63) is 60.2 Å². The number of benzene rings is 2. The second-order valence-corrected chi connectivity index (χ2v) is 12.8. The molecular weight excluding hydrogens is 534 g/mol. The lowest BCUT2D eigenvalue weighted by molar-refractivity contribution is -0.146. The maximum atomic E-state index is 13.7. The lowest BCUT2D eigenvalue weighted by atomic mass is 9.96. The molecule has 10 nitrogen and oxygen atoms in total. The van der Waals surface area contributed by atoms with E-state index in [-0.39, 0.29) is 49.1 Å². The normalized spacial score (nSPS) is 28.3. The van der Waals surface area contributed by atoms with Crippen LogP contribution in [0, 0.1) is 0 Å². The zero-order chi connectivity index (χ0) is 28.1. The van der Waals surface area contributed by atoms with Gasteiger partial charge in [0.15, 0.2) is 0 Å². The summed E-state index contributed by atoms with van der Waals surface area (Å²) in [6.07, 6.45) is 0.328. The number of hydrogen-bond acceptors (Lipinski definition) is 8. The van der Waals surface area contributed by atoms with Crippen molar-refractivity contribution >= 4 is 15.9 Å². The minimum atomic E-state index is -3.92. The third kappa shape index (κ3) is 7.02. The Kier molecular flexibility index (Phi) is 9.39. The molecule has 0 saturated carbocycles. The molecule has 3 heterocycles. The molecule has 3 fully saturated rings. The number of carbonyl (C=O) groups excluding carboxylic acids is 1. The highest BCUT2D eigenvalue weighted by Gasteiger charge is 2.43. The van der Waals surface area contributed by atoms with E-state index in [0.29, 0.717) is 18.6 Å². The van der Waals surface area contributed by atoms with Crippen molar-refractivity contribution in [1.29, 1.82) is 0 Å². The van der Waals surface area contributed by atoms with Crippen LogP contribution in [0.5, 0.6) is 5.75 Å². The first-order valence-electron chi connectivity index (χ1n) is 13.9. The monoisotopic (exact) mass is 573 g/mol. The van der Waals surface area contributed by atoms with Crippen LogP contribution in [0.15, 0.2) is 59.5 Å². The predicted molar refractivity (Wildman–Crippen MR) is 148 cm³/mol. The number of aliphatic hydroxyl groups excluding tert-OH is 1. The maximum Gasteiger partial charge on any atom is 0.243 e. The number of sulfonamides is 1. The number of amides is 1. The number of rotatable bonds is 8. The van der Waals surface area contributed by atoms with Crippen molar-refractivity contribution in [2.45, 2.75) is 67.5 Å². The molecule has 0 aliphatic carbocycles. The van der Waals surface area contributed by atoms with E-state index in [1.165, 1.54) is 29.1 Å². The Balaban J connectivity index is 1.18. The van der Waals surface area contributed by atoms with Gasteiger partial charge in [-0.25, -0.2) is 8.42 Å². The topological polar surface area (TPSA) is 118 Å². The van der Waals surface area contributed by atoms with Crippen molar-refractivity contribution in [3.8, 4) is 5.75 Å². The lowest BCUT2D eigenvalue weighted by Gasteiger charge is -2.43. The molecule has 2 aromatic carbocycles. The highest BCUT2D eigenvalue weighted by Crippen LogP contribution is 2.32. The van der Waals surface area contributed by atoms with Crippen LogP contribution in [-0.4, -0.2) is 99.0 Å². The summed E-state index contributed by atoms with van der Waals surface area (Å²) < 4.78 is 45.8. The second kappa shape index (κ2) is 13.0. The summed E-state index contributed by atoms with van der Waals surface area (Å²) >= 11 is 0. The molecule has 2 aromatic rings. The first-order valence-corrected chi connectivity index (χ1v) is 15.4. The van der Waals surface area contributed by atoms with Gasteiger partial charge in [0.05, 0.1) is 56.0 Å². The molecule has 0 unspecified atom stereocenters. The van der Waals surface area contributed by atoms with Crippen LogP contribution in [-0.2, 0) is 30.8 Å². The quantitative estimate of drug-likeness (QED) is 0.491. The number of β-amino-alcohol motifs (C(OH)–C–C–N with tert-alkyl or cyclic N) is 1. The zero-order valence-electron chi connectivity index (χ0n) is 22.9. The van der Waals surface area contributed by atoms with Gasteiger partial charge in [0.25, 0.3) is 0 Å². The van der Waals surface area contributed by atoms with Gasteiger partial charge in [-0.15, -0.1) is 0 Å². The van der Waals surface area contributed by atoms with E-state index in [0.717, 1.165) is 26.1 Å². The Labute approximate surface area is 236 Å². The van der Waals surface area contributed by atoms with Crippen molar-refractivity contribution in [1.82, 2.24) is 14.5 Å². The summed E-state index contributed by atoms with van der Waals surface area (Å²) in [6.45, 7) is 2.67. The number of aliphatic hydroxyl groups is 1. The molecule has 40 heavy (non-hydrogen) atoms. The highest BCUT2D eigenvalue weighted by atomic mass is 32.2. The Morgan fingerprint density at radius 3 is 2.58 bits per heavy atom. The molecule has 5 atom stereocenters. The van der Waals surface area contributed by atoms with Gasteiger partial charge < -0.3 is 24.6 Å². The molecule has 11 heteroatoms. The van der Waals surface area contributed by atoms with E-state index in [2.05, 4.69) is 22.3 Å². The number of nitrogens with one attached hydrogen (secondary N) is 1. The van der Waals surface area contributed by atoms with Gasteiger partial charge in [0, 0.05) is 32.2 Å². The van der Waals surface area contributed by atoms with Crippen molar-refractivity contribution < 1.29 is 32.5 Å². The summed E-state index contributed by atoms with van der Waals surface area (Å²) in [5.41, 5.74) is 1.26. The number of ether oxygens (including phenoxy) is 3. The van der Waals surface area contributed by atoms with Crippen LogP contribution < -0.4 is 10.1 Å². The van der Waals surface area contributed by atoms with Gasteiger partial charge in [0.2, 0.25) is 15.9 Å². The standard InChI is InChI=1S/C29H39N3O7S/c1-37-24-7-10-26(11-8-24)40(35,36)32-18-23(33)19-38-20-28-27(32)12-9-25(39-28)15-29(34)30-22-13-14-31(17-22)16-21-5-3-2-4-6-21/h2-8,10-11,22-23,25,27-28,33H,9,12-20H2,1H3,(H,30,34)/t22-,23+,25-,27-,28+/m0/s1. The van der Waals surface area contributed by atoms with Crippen molar-refractivity contribution in [2.75, 3.05) is 40.0 Å². The first kappa shape index (κ1) is 29.0. The Bertz CT molecular complexity index is 1230. The molecule has 0 radical (unpaired) electrons. The summed E-state index contributed by atoms with van der Waals surface area (Å²) in [7, 11) is -2.39. The molecule has 3 saturated heterocycles. The number of likely N-dealkylation sites (tertiary alicyclic amines) is 1. The lowest BCUT2D eigenvalue weighted by Crippen LogP contribution is -2.57. The van der Waals surface area contributed by atoms with Gasteiger partial charge in [-0.05, 0) is 49.1 Å². The van der Waals surface area contributed by atoms with E-state index in [9.17, 15) is 18.3 Å². The minimum Gasteiger partial charge on any atom is -0.497 e. The molecule has 0 spiro atoms. The van der Waals surface area contributed by atoms with Gasteiger partial charge in [-0.3, -0.25) is 9.69 Å². The summed E-state index contributed by atoms with van der Waals surface area (Å²) in [4.78, 5) is 15.4. The second-order valence-electron chi connectivity index (χ2n) is 10.9. The molecule has 3 aliphatic heterocycles. The molecule has 2 N–H and O–H groups in total. The molecule has 218 valence electrons. The Morgan fingerprint density at radius 1 is 1.05 bits per heavy atom. The van der Waals surface area contributed by atoms with Crippen LogP contribution in [0.1, 0.15) is 31.2 Å². The third-order valence-corrected chi connectivity index (χ3v) is 9.80. The fraction of sp³-hybridized carbons (Fsp3) is 0.552. The average Bonchev–Trinajstić information content (AvgIpc) is 3.37. The van der Waals surface area contributed by atoms with E-state index >= 15 is 0 Å². The van der Waals surface area contributed by atoms with Gasteiger partial charge >= 0.3 is 0 Å². The SMILES string of the molecule is COc1ccc(S(=O)(=O)N2C[C@@H](O)COC[C@H]3O[C@H](CC(=O)N[C@H]4CCN(Cc5ccccc5)C4)CC[C@@H]32)cc1. The fourth-order valence-electron chi connectivity index (χ4n) is 5.88. The van der Waals surface area contributed by atoms with Gasteiger partial charge in [-0.2, -0.15) is 4.31 Å². The summed E-state index contributed by atoms with van der Waals surface area (Å²) in [6, 6.07) is 16.1. The maximum absolute atomic E-state index is 13.7. The molecule has 1 amide bonds. The van der Waals surface area contributed by atoms with E-state index < -0.39 is 28.3 Å². The van der Waals surface area contributed by atoms with E-state index in [1.807, 2.05) is 18.2 Å². The third-order valence-electron chi connectivity index (χ3n) is 7.90. The van der Waals surface area contributed by atoms with Crippen molar-refractivity contribution in [2.24, 2.45) is 0 Å². The van der Waals surface area contributed by atoms with Crippen LogP contribution in [0.2, 0.25) is 0 Å². The van der Waals surface area contributed by atoms with Gasteiger partial charge in [-0.1, -0.05) is 30.3 Å². The molecular formula is C29H39N3O7S. The van der Waals surface area contributed by atoms with Crippen LogP contribution in [0.3, 0.4) is 0 Å². The highest BCUT2D eigenvalue weighted by molar-refractivity contribution is 7.89. The fourth-order valence-corrected chi connectivity index (χ4v) is 7.60. The molecule has 5 rings (SSSR count). The van der Waals surface area contributed by atoms with Gasteiger partial charge in [0.1, 0.15) is 5.75 Å². The first-order chi connectivity index (χ1) is 19.3. The molecule has 0 bridgehead atoms. The Hall–Kier alpha value is -2.54. The van der Waals surface area contributed by atoms with E-state index in [4.69, 9.17) is 14.2 Å². The predicted octanol–water partition coefficient (Wildman–Crippen LogP) is 1.77. The number of nitrogens with zero attached hydrogens (tertiary/aromatic N) is 2. The average molecular weight is 574 g/mol. The van der Waals surface area contributed by atoms with E-state index in [1.54, 1.807) is 12.1 Å². The molecule has 3 aliphatic rings. The minimum absolute atomic E-state index is 0.00747. The largest absolute Gasteiger partial charge is 0.497 e.